The van der Waals surface area contributed by atoms with Gasteiger partial charge in [-0.1, -0.05) is 25.4 Å². The lowest BCUT2D eigenvalue weighted by Gasteiger charge is -1.95. The van der Waals surface area contributed by atoms with E-state index in [1.807, 2.05) is 20.8 Å². The highest BCUT2D eigenvalue weighted by Crippen LogP contribution is 2.15. The summed E-state index contributed by atoms with van der Waals surface area (Å²) < 4.78 is 1.56. The molecule has 0 saturated heterocycles. The first-order valence-corrected chi connectivity index (χ1v) is 4.85. The van der Waals surface area contributed by atoms with Crippen LogP contribution in [0.3, 0.4) is 0 Å². The first kappa shape index (κ1) is 9.40. The van der Waals surface area contributed by atoms with Gasteiger partial charge in [-0.2, -0.15) is 9.50 Å². The van der Waals surface area contributed by atoms with E-state index in [4.69, 9.17) is 11.6 Å². The Kier molecular flexibility index (Phi) is 2.15. The quantitative estimate of drug-likeness (QED) is 0.678. The number of aryl methyl sites for hydroxylation is 1. The van der Waals surface area contributed by atoms with E-state index in [2.05, 4.69) is 15.1 Å². The average Bonchev–Trinajstić information content (AvgIpc) is 2.47. The smallest absolute Gasteiger partial charge is 0.216 e. The van der Waals surface area contributed by atoms with E-state index in [1.54, 1.807) is 10.6 Å². The maximum atomic E-state index is 6.00. The molecule has 2 aromatic heterocycles. The predicted molar refractivity (Wildman–Crippen MR) is 54.6 cm³/mol. The maximum absolute atomic E-state index is 6.00. The van der Waals surface area contributed by atoms with E-state index >= 15 is 0 Å². The number of halogens is 1. The third-order valence-corrected chi connectivity index (χ3v) is 2.20. The number of aromatic nitrogens is 4. The summed E-state index contributed by atoms with van der Waals surface area (Å²) in [5.74, 6) is 1.62. The Morgan fingerprint density at radius 3 is 2.71 bits per heavy atom. The molecule has 0 N–H and O–H groups in total. The van der Waals surface area contributed by atoms with Gasteiger partial charge in [-0.15, -0.1) is 5.10 Å². The summed E-state index contributed by atoms with van der Waals surface area (Å²) in [6.45, 7) is 5.96. The molecule has 0 unspecified atom stereocenters. The van der Waals surface area contributed by atoms with Gasteiger partial charge < -0.3 is 0 Å². The van der Waals surface area contributed by atoms with Gasteiger partial charge in [-0.05, 0) is 13.0 Å². The highest BCUT2D eigenvalue weighted by atomic mass is 35.5. The van der Waals surface area contributed by atoms with E-state index in [1.165, 1.54) is 0 Å². The second-order valence-electron chi connectivity index (χ2n) is 3.56. The van der Waals surface area contributed by atoms with Gasteiger partial charge >= 0.3 is 0 Å². The minimum Gasteiger partial charge on any atom is -0.216 e. The lowest BCUT2D eigenvalue weighted by molar-refractivity contribution is 0.765. The van der Waals surface area contributed by atoms with Crippen LogP contribution in [0.1, 0.15) is 31.3 Å². The van der Waals surface area contributed by atoms with Gasteiger partial charge in [0.1, 0.15) is 5.15 Å². The Morgan fingerprint density at radius 2 is 2.07 bits per heavy atom. The number of hydrogen-bond donors (Lipinski definition) is 0. The van der Waals surface area contributed by atoms with Crippen molar-refractivity contribution in [3.8, 4) is 0 Å². The van der Waals surface area contributed by atoms with Crippen molar-refractivity contribution in [3.63, 3.8) is 0 Å². The zero-order valence-electron chi connectivity index (χ0n) is 8.32. The number of rotatable bonds is 1. The topological polar surface area (TPSA) is 43.1 Å². The van der Waals surface area contributed by atoms with Gasteiger partial charge in [0.05, 0.1) is 0 Å². The van der Waals surface area contributed by atoms with Crippen LogP contribution in [0.25, 0.3) is 5.78 Å². The molecule has 4 nitrogen and oxygen atoms in total. The van der Waals surface area contributed by atoms with Gasteiger partial charge in [0.2, 0.25) is 0 Å². The third-order valence-electron chi connectivity index (χ3n) is 1.93. The molecule has 2 rings (SSSR count). The highest BCUT2D eigenvalue weighted by molar-refractivity contribution is 6.29. The van der Waals surface area contributed by atoms with Crippen LogP contribution in [0, 0.1) is 6.92 Å². The molecule has 0 amide bonds. The second kappa shape index (κ2) is 3.20. The summed E-state index contributed by atoms with van der Waals surface area (Å²) in [5.41, 5.74) is 0.852. The Bertz CT molecular complexity index is 475. The van der Waals surface area contributed by atoms with Crippen LogP contribution < -0.4 is 0 Å². The Labute approximate surface area is 86.9 Å². The molecule has 0 radical (unpaired) electrons. The summed E-state index contributed by atoms with van der Waals surface area (Å²) in [6.07, 6.45) is 0. The first-order valence-electron chi connectivity index (χ1n) is 4.47. The van der Waals surface area contributed by atoms with Gasteiger partial charge in [0.15, 0.2) is 5.82 Å². The van der Waals surface area contributed by atoms with Gasteiger partial charge in [0.25, 0.3) is 5.78 Å². The van der Waals surface area contributed by atoms with Crippen LogP contribution in [0.15, 0.2) is 6.07 Å². The molecule has 0 saturated carbocycles. The molecule has 2 heterocycles. The van der Waals surface area contributed by atoms with Crippen LogP contribution in [0.2, 0.25) is 5.15 Å². The molecule has 0 spiro atoms. The Balaban J connectivity index is 2.70. The summed E-state index contributed by atoms with van der Waals surface area (Å²) >= 11 is 6.00. The fourth-order valence-corrected chi connectivity index (χ4v) is 1.47. The molecule has 0 aliphatic heterocycles. The first-order chi connectivity index (χ1) is 6.58. The summed E-state index contributed by atoms with van der Waals surface area (Å²) in [4.78, 5) is 8.53. The van der Waals surface area contributed by atoms with Gasteiger partial charge in [-0.3, -0.25) is 0 Å². The van der Waals surface area contributed by atoms with Crippen molar-refractivity contribution in [3.05, 3.63) is 22.7 Å². The zero-order valence-corrected chi connectivity index (χ0v) is 9.08. The van der Waals surface area contributed by atoms with Crippen LogP contribution in [-0.4, -0.2) is 19.6 Å². The predicted octanol–water partition coefficient (Wildman–Crippen LogP) is 2.21. The minimum absolute atomic E-state index is 0.285. The molecular weight excluding hydrogens is 200 g/mol. The lowest BCUT2D eigenvalue weighted by Crippen LogP contribution is -1.94. The third kappa shape index (κ3) is 1.46. The monoisotopic (exact) mass is 210 g/mol. The molecule has 5 heteroatoms. The Morgan fingerprint density at radius 1 is 1.36 bits per heavy atom. The van der Waals surface area contributed by atoms with E-state index in [0.29, 0.717) is 10.9 Å². The van der Waals surface area contributed by atoms with Gasteiger partial charge in [0, 0.05) is 11.6 Å². The van der Waals surface area contributed by atoms with Crippen LogP contribution in [0.5, 0.6) is 0 Å². The van der Waals surface area contributed by atoms with Crippen LogP contribution in [0.4, 0.5) is 0 Å². The molecule has 0 fully saturated rings. The van der Waals surface area contributed by atoms with Crippen molar-refractivity contribution in [2.75, 3.05) is 0 Å². The fraction of sp³-hybridized carbons (Fsp3) is 0.444. The van der Waals surface area contributed by atoms with Crippen molar-refractivity contribution in [2.24, 2.45) is 0 Å². The molecule has 0 aliphatic rings. The van der Waals surface area contributed by atoms with Crippen LogP contribution in [-0.2, 0) is 0 Å². The number of hydrogen-bond acceptors (Lipinski definition) is 3. The normalized spacial score (nSPS) is 11.5. The molecule has 74 valence electrons. The van der Waals surface area contributed by atoms with Crippen molar-refractivity contribution in [2.45, 2.75) is 26.7 Å². The maximum Gasteiger partial charge on any atom is 0.254 e. The average molecular weight is 211 g/mol. The summed E-state index contributed by atoms with van der Waals surface area (Å²) in [5, 5.41) is 4.81. The molecule has 0 atom stereocenters. The molecule has 14 heavy (non-hydrogen) atoms. The van der Waals surface area contributed by atoms with Crippen molar-refractivity contribution >= 4 is 17.4 Å². The molecule has 0 aliphatic carbocycles. The Hall–Kier alpha value is -1.16. The van der Waals surface area contributed by atoms with Crippen molar-refractivity contribution < 1.29 is 0 Å². The lowest BCUT2D eigenvalue weighted by atomic mass is 10.2. The van der Waals surface area contributed by atoms with Crippen molar-refractivity contribution in [1.82, 2.24) is 19.6 Å². The second-order valence-corrected chi connectivity index (χ2v) is 3.94. The summed E-state index contributed by atoms with van der Waals surface area (Å²) in [6, 6.07) is 1.77. The summed E-state index contributed by atoms with van der Waals surface area (Å²) in [7, 11) is 0. The van der Waals surface area contributed by atoms with E-state index in [9.17, 15) is 0 Å². The van der Waals surface area contributed by atoms with E-state index < -0.39 is 0 Å². The van der Waals surface area contributed by atoms with Crippen LogP contribution >= 0.6 is 11.6 Å². The van der Waals surface area contributed by atoms with Gasteiger partial charge in [-0.25, -0.2) is 4.98 Å². The zero-order chi connectivity index (χ0) is 10.3. The molecule has 2 aromatic rings. The molecule has 0 bridgehead atoms. The number of nitrogens with zero attached hydrogens (tertiary/aromatic N) is 4. The van der Waals surface area contributed by atoms with Crippen molar-refractivity contribution in [1.29, 1.82) is 0 Å². The van der Waals surface area contributed by atoms with E-state index in [0.717, 1.165) is 11.5 Å². The number of fused-ring (bicyclic) bond motifs is 1. The highest BCUT2D eigenvalue weighted by Gasteiger charge is 2.10. The standard InChI is InChI=1S/C9H11ClN4/c1-5(2)8-12-9-11-6(3)4-7(10)14(9)13-8/h4-5H,1-3H3. The molecule has 0 aromatic carbocycles. The fourth-order valence-electron chi connectivity index (χ4n) is 1.20. The minimum atomic E-state index is 0.285. The SMILES string of the molecule is Cc1cc(Cl)n2nc(C(C)C)nc2n1. The van der Waals surface area contributed by atoms with E-state index in [-0.39, 0.29) is 5.92 Å². The molecular formula is C9H11ClN4. The largest absolute Gasteiger partial charge is 0.254 e.